The minimum absolute atomic E-state index is 0.576. The highest BCUT2D eigenvalue weighted by atomic mass is 15.3. The highest BCUT2D eigenvalue weighted by molar-refractivity contribution is 5.72. The van der Waals surface area contributed by atoms with Gasteiger partial charge >= 0.3 is 0 Å². The van der Waals surface area contributed by atoms with Crippen LogP contribution in [0.5, 0.6) is 0 Å². The van der Waals surface area contributed by atoms with Gasteiger partial charge in [0, 0.05) is 7.05 Å². The second-order valence-corrected chi connectivity index (χ2v) is 3.00. The number of nitrogens with one attached hydrogen (secondary N) is 1. The fourth-order valence-electron chi connectivity index (χ4n) is 1.42. The minimum atomic E-state index is 0.576. The van der Waals surface area contributed by atoms with Gasteiger partial charge in [0.1, 0.15) is 5.82 Å². The number of nitrogens with two attached hydrogens (primary N) is 1. The Balaban J connectivity index is 2.64. The van der Waals surface area contributed by atoms with E-state index in [0.29, 0.717) is 5.82 Å². The molecule has 0 aliphatic heterocycles. The Bertz CT molecular complexity index is 406. The van der Waals surface area contributed by atoms with Crippen LogP contribution in [0.4, 0.5) is 5.82 Å². The largest absolute Gasteiger partial charge is 0.384 e. The number of H-pyrrole nitrogens is 1. The molecule has 0 saturated carbocycles. The van der Waals surface area contributed by atoms with Gasteiger partial charge in [0.05, 0.1) is 23.7 Å². The molecule has 68 valence electrons. The Morgan fingerprint density at radius 1 is 1.46 bits per heavy atom. The number of hydrogen-bond acceptors (Lipinski definition) is 3. The summed E-state index contributed by atoms with van der Waals surface area (Å²) in [5.41, 5.74) is 8.71. The van der Waals surface area contributed by atoms with E-state index in [1.165, 1.54) is 0 Å². The molecule has 3 N–H and O–H groups in total. The van der Waals surface area contributed by atoms with Crippen LogP contribution in [0.3, 0.4) is 0 Å². The van der Waals surface area contributed by atoms with Crippen molar-refractivity contribution >= 4 is 5.82 Å². The first-order chi connectivity index (χ1) is 6.20. The predicted molar refractivity (Wildman–Crippen MR) is 49.9 cm³/mol. The summed E-state index contributed by atoms with van der Waals surface area (Å²) in [6.07, 6.45) is 3.51. The molecule has 0 spiro atoms. The number of anilines is 1. The molecule has 0 amide bonds. The van der Waals surface area contributed by atoms with Gasteiger partial charge in [0.2, 0.25) is 0 Å². The zero-order chi connectivity index (χ0) is 9.42. The van der Waals surface area contributed by atoms with E-state index in [1.807, 2.05) is 20.2 Å². The van der Waals surface area contributed by atoms with E-state index in [9.17, 15) is 0 Å². The van der Waals surface area contributed by atoms with Gasteiger partial charge in [-0.15, -0.1) is 0 Å². The number of aryl methyl sites for hydroxylation is 2. The monoisotopic (exact) mass is 177 g/mol. The van der Waals surface area contributed by atoms with Crippen LogP contribution in [-0.2, 0) is 7.05 Å². The summed E-state index contributed by atoms with van der Waals surface area (Å²) < 4.78 is 1.79. The van der Waals surface area contributed by atoms with Crippen molar-refractivity contribution in [3.8, 4) is 11.3 Å². The Morgan fingerprint density at radius 2 is 2.23 bits per heavy atom. The molecule has 0 bridgehead atoms. The quantitative estimate of drug-likeness (QED) is 0.673. The molecule has 0 unspecified atom stereocenters. The Morgan fingerprint density at radius 3 is 2.69 bits per heavy atom. The molecule has 5 heteroatoms. The second kappa shape index (κ2) is 2.62. The molecule has 2 aromatic rings. The van der Waals surface area contributed by atoms with Crippen LogP contribution in [0.25, 0.3) is 11.3 Å². The molecule has 2 heterocycles. The lowest BCUT2D eigenvalue weighted by Gasteiger charge is -2.00. The second-order valence-electron chi connectivity index (χ2n) is 3.00. The van der Waals surface area contributed by atoms with Crippen molar-refractivity contribution in [1.82, 2.24) is 20.0 Å². The van der Waals surface area contributed by atoms with E-state index in [1.54, 1.807) is 10.9 Å². The van der Waals surface area contributed by atoms with Gasteiger partial charge in [-0.3, -0.25) is 9.78 Å². The smallest absolute Gasteiger partial charge is 0.128 e. The molecule has 0 fully saturated rings. The Kier molecular flexibility index (Phi) is 1.58. The molecule has 13 heavy (non-hydrogen) atoms. The maximum atomic E-state index is 5.71. The van der Waals surface area contributed by atoms with Crippen LogP contribution in [0.1, 0.15) is 5.56 Å². The predicted octanol–water partition coefficient (Wildman–Crippen LogP) is 0.701. The standard InChI is InChI=1S/C8H11N5/c1-5-3-11-13(2)7(5)6-4-10-12-8(6)9/h3-4H,1-2H3,(H3,9,10,12). The molecule has 0 aromatic carbocycles. The third-order valence-corrected chi connectivity index (χ3v) is 2.05. The first kappa shape index (κ1) is 7.85. The van der Waals surface area contributed by atoms with Gasteiger partial charge in [-0.2, -0.15) is 10.2 Å². The molecule has 0 saturated heterocycles. The number of aromatic amines is 1. The van der Waals surface area contributed by atoms with E-state index in [0.717, 1.165) is 16.8 Å². The molecule has 0 atom stereocenters. The van der Waals surface area contributed by atoms with Gasteiger partial charge in [-0.1, -0.05) is 0 Å². The average Bonchev–Trinajstić information content (AvgIpc) is 2.60. The molecule has 2 aromatic heterocycles. The first-order valence-electron chi connectivity index (χ1n) is 3.98. The van der Waals surface area contributed by atoms with Crippen LogP contribution in [0.15, 0.2) is 12.4 Å². The maximum Gasteiger partial charge on any atom is 0.128 e. The van der Waals surface area contributed by atoms with Crippen LogP contribution in [-0.4, -0.2) is 20.0 Å². The molecule has 0 aliphatic carbocycles. The third-order valence-electron chi connectivity index (χ3n) is 2.05. The fraction of sp³-hybridized carbons (Fsp3) is 0.250. The van der Waals surface area contributed by atoms with Gasteiger partial charge < -0.3 is 5.73 Å². The number of nitrogens with zero attached hydrogens (tertiary/aromatic N) is 3. The van der Waals surface area contributed by atoms with Crippen LogP contribution in [0, 0.1) is 6.92 Å². The molecule has 2 rings (SSSR count). The summed E-state index contributed by atoms with van der Waals surface area (Å²) >= 11 is 0. The lowest BCUT2D eigenvalue weighted by molar-refractivity contribution is 0.776. The van der Waals surface area contributed by atoms with Gasteiger partial charge in [-0.25, -0.2) is 0 Å². The summed E-state index contributed by atoms with van der Waals surface area (Å²) in [6, 6.07) is 0. The number of rotatable bonds is 1. The van der Waals surface area contributed by atoms with Gasteiger partial charge in [0.25, 0.3) is 0 Å². The van der Waals surface area contributed by atoms with Crippen molar-refractivity contribution in [2.45, 2.75) is 6.92 Å². The number of nitrogen functional groups attached to an aromatic ring is 1. The Labute approximate surface area is 75.6 Å². The normalized spacial score (nSPS) is 10.6. The van der Waals surface area contributed by atoms with Crippen molar-refractivity contribution in [1.29, 1.82) is 0 Å². The van der Waals surface area contributed by atoms with Crippen LogP contribution < -0.4 is 5.73 Å². The van der Waals surface area contributed by atoms with Crippen molar-refractivity contribution in [3.63, 3.8) is 0 Å². The third kappa shape index (κ3) is 1.09. The molecule has 0 radical (unpaired) electrons. The molecule has 0 aliphatic rings. The number of hydrogen-bond donors (Lipinski definition) is 2. The minimum Gasteiger partial charge on any atom is -0.384 e. The highest BCUT2D eigenvalue weighted by Crippen LogP contribution is 2.25. The van der Waals surface area contributed by atoms with E-state index < -0.39 is 0 Å². The summed E-state index contributed by atoms with van der Waals surface area (Å²) in [5, 5.41) is 10.7. The van der Waals surface area contributed by atoms with E-state index >= 15 is 0 Å². The Hall–Kier alpha value is -1.78. The number of aromatic nitrogens is 4. The zero-order valence-electron chi connectivity index (χ0n) is 7.57. The fourth-order valence-corrected chi connectivity index (χ4v) is 1.42. The van der Waals surface area contributed by atoms with Gasteiger partial charge in [0.15, 0.2) is 0 Å². The zero-order valence-corrected chi connectivity index (χ0v) is 7.57. The summed E-state index contributed by atoms with van der Waals surface area (Å²) in [7, 11) is 1.88. The lowest BCUT2D eigenvalue weighted by Crippen LogP contribution is -1.96. The van der Waals surface area contributed by atoms with Gasteiger partial charge in [-0.05, 0) is 12.5 Å². The van der Waals surface area contributed by atoms with E-state index in [2.05, 4.69) is 15.3 Å². The summed E-state index contributed by atoms with van der Waals surface area (Å²) in [6.45, 7) is 1.99. The van der Waals surface area contributed by atoms with Crippen molar-refractivity contribution < 1.29 is 0 Å². The SMILES string of the molecule is Cc1cnn(C)c1-c1cn[nH]c1N. The topological polar surface area (TPSA) is 72.5 Å². The first-order valence-corrected chi connectivity index (χ1v) is 3.98. The molecular formula is C8H11N5. The van der Waals surface area contributed by atoms with Crippen molar-refractivity contribution in [3.05, 3.63) is 18.0 Å². The van der Waals surface area contributed by atoms with E-state index in [4.69, 9.17) is 5.73 Å². The van der Waals surface area contributed by atoms with E-state index in [-0.39, 0.29) is 0 Å². The van der Waals surface area contributed by atoms with Crippen molar-refractivity contribution in [2.75, 3.05) is 5.73 Å². The maximum absolute atomic E-state index is 5.71. The summed E-state index contributed by atoms with van der Waals surface area (Å²) in [4.78, 5) is 0. The lowest BCUT2D eigenvalue weighted by atomic mass is 10.1. The van der Waals surface area contributed by atoms with Crippen LogP contribution >= 0.6 is 0 Å². The van der Waals surface area contributed by atoms with Crippen LogP contribution in [0.2, 0.25) is 0 Å². The molecule has 5 nitrogen and oxygen atoms in total. The summed E-state index contributed by atoms with van der Waals surface area (Å²) in [5.74, 6) is 0.576. The molecular weight excluding hydrogens is 166 g/mol. The highest BCUT2D eigenvalue weighted by Gasteiger charge is 2.11. The van der Waals surface area contributed by atoms with Crippen molar-refractivity contribution in [2.24, 2.45) is 7.05 Å². The average molecular weight is 177 g/mol.